The first-order valence-corrected chi connectivity index (χ1v) is 7.99. The predicted octanol–water partition coefficient (Wildman–Crippen LogP) is 3.40. The summed E-state index contributed by atoms with van der Waals surface area (Å²) < 4.78 is 0. The molecule has 0 spiro atoms. The van der Waals surface area contributed by atoms with Crippen molar-refractivity contribution < 1.29 is 0 Å². The minimum Gasteiger partial charge on any atom is -0.315 e. The molecule has 2 heterocycles. The van der Waals surface area contributed by atoms with Crippen LogP contribution in [0.5, 0.6) is 0 Å². The van der Waals surface area contributed by atoms with Gasteiger partial charge in [0, 0.05) is 22.8 Å². The molecular formula is C15H26N2S. The lowest BCUT2D eigenvalue weighted by Crippen LogP contribution is -2.33. The van der Waals surface area contributed by atoms with E-state index in [1.807, 2.05) is 18.4 Å². The second kappa shape index (κ2) is 6.69. The Balaban J connectivity index is 1.89. The summed E-state index contributed by atoms with van der Waals surface area (Å²) in [6.07, 6.45) is 4.14. The molecule has 1 aromatic rings. The Morgan fingerprint density at radius 2 is 2.11 bits per heavy atom. The largest absolute Gasteiger partial charge is 0.315 e. The summed E-state index contributed by atoms with van der Waals surface area (Å²) in [6.45, 7) is 9.32. The monoisotopic (exact) mass is 266 g/mol. The third-order valence-corrected chi connectivity index (χ3v) is 5.19. The molecule has 3 heteroatoms. The third-order valence-electron chi connectivity index (χ3n) is 4.10. The average molecular weight is 266 g/mol. The number of piperidine rings is 1. The van der Waals surface area contributed by atoms with Gasteiger partial charge in [0.25, 0.3) is 0 Å². The highest BCUT2D eigenvalue weighted by molar-refractivity contribution is 7.12. The van der Waals surface area contributed by atoms with Crippen LogP contribution in [0.2, 0.25) is 0 Å². The highest BCUT2D eigenvalue weighted by atomic mass is 32.1. The number of hydrogen-bond acceptors (Lipinski definition) is 3. The fourth-order valence-corrected chi connectivity index (χ4v) is 3.87. The van der Waals surface area contributed by atoms with Crippen LogP contribution in [-0.4, -0.2) is 25.0 Å². The molecule has 0 atom stereocenters. The Kier molecular flexibility index (Phi) is 5.22. The van der Waals surface area contributed by atoms with E-state index in [2.05, 4.69) is 30.1 Å². The van der Waals surface area contributed by atoms with Crippen LogP contribution in [0, 0.1) is 12.8 Å². The molecule has 0 aliphatic carbocycles. The van der Waals surface area contributed by atoms with Gasteiger partial charge in [-0.05, 0) is 57.5 Å². The van der Waals surface area contributed by atoms with Gasteiger partial charge in [0.1, 0.15) is 0 Å². The summed E-state index contributed by atoms with van der Waals surface area (Å²) in [5, 5.41) is 3.24. The van der Waals surface area contributed by atoms with Crippen molar-refractivity contribution in [1.29, 1.82) is 0 Å². The maximum atomic E-state index is 3.24. The van der Waals surface area contributed by atoms with Gasteiger partial charge < -0.3 is 5.32 Å². The number of likely N-dealkylation sites (tertiary alicyclic amines) is 1. The predicted molar refractivity (Wildman–Crippen MR) is 80.1 cm³/mol. The van der Waals surface area contributed by atoms with Crippen LogP contribution < -0.4 is 5.32 Å². The highest BCUT2D eigenvalue weighted by Gasteiger charge is 2.18. The van der Waals surface area contributed by atoms with Crippen LogP contribution in [-0.2, 0) is 13.1 Å². The topological polar surface area (TPSA) is 15.3 Å². The molecule has 1 aromatic heterocycles. The van der Waals surface area contributed by atoms with Gasteiger partial charge in [-0.3, -0.25) is 4.90 Å². The molecular weight excluding hydrogens is 240 g/mol. The maximum Gasteiger partial charge on any atom is 0.0296 e. The molecule has 0 saturated carbocycles. The minimum atomic E-state index is 0.977. The zero-order valence-corrected chi connectivity index (χ0v) is 12.8. The van der Waals surface area contributed by atoms with Gasteiger partial charge in [0.2, 0.25) is 0 Å². The van der Waals surface area contributed by atoms with Crippen molar-refractivity contribution in [3.63, 3.8) is 0 Å². The first-order valence-electron chi connectivity index (χ1n) is 7.18. The molecule has 0 radical (unpaired) electrons. The van der Waals surface area contributed by atoms with E-state index < -0.39 is 0 Å². The van der Waals surface area contributed by atoms with Crippen molar-refractivity contribution in [3.05, 3.63) is 21.4 Å². The fourth-order valence-electron chi connectivity index (χ4n) is 2.80. The number of nitrogens with one attached hydrogen (secondary N) is 1. The minimum absolute atomic E-state index is 0.977. The summed E-state index contributed by atoms with van der Waals surface area (Å²) in [7, 11) is 2.02. The van der Waals surface area contributed by atoms with Gasteiger partial charge >= 0.3 is 0 Å². The van der Waals surface area contributed by atoms with Crippen LogP contribution >= 0.6 is 11.3 Å². The summed E-state index contributed by atoms with van der Waals surface area (Å²) in [6, 6.07) is 2.39. The van der Waals surface area contributed by atoms with Crippen LogP contribution in [0.1, 0.15) is 41.5 Å². The van der Waals surface area contributed by atoms with Gasteiger partial charge in [-0.25, -0.2) is 0 Å². The molecule has 1 saturated heterocycles. The first kappa shape index (κ1) is 14.0. The highest BCUT2D eigenvalue weighted by Crippen LogP contribution is 2.26. The second-order valence-electron chi connectivity index (χ2n) is 5.45. The van der Waals surface area contributed by atoms with Crippen molar-refractivity contribution in [2.45, 2.75) is 46.2 Å². The SMILES string of the molecule is CCC1CCN(Cc2cc(CNC)sc2C)CC1. The zero-order chi connectivity index (χ0) is 13.0. The molecule has 0 unspecified atom stereocenters. The fraction of sp³-hybridized carbons (Fsp3) is 0.733. The maximum absolute atomic E-state index is 3.24. The molecule has 2 nitrogen and oxygen atoms in total. The number of nitrogens with zero attached hydrogens (tertiary/aromatic N) is 1. The number of thiophene rings is 1. The Bertz CT molecular complexity index is 365. The first-order chi connectivity index (χ1) is 8.72. The lowest BCUT2D eigenvalue weighted by Gasteiger charge is -2.31. The summed E-state index contributed by atoms with van der Waals surface area (Å²) in [5.74, 6) is 0.977. The van der Waals surface area contributed by atoms with Crippen molar-refractivity contribution >= 4 is 11.3 Å². The van der Waals surface area contributed by atoms with E-state index in [0.717, 1.165) is 19.0 Å². The lowest BCUT2D eigenvalue weighted by molar-refractivity contribution is 0.175. The third kappa shape index (κ3) is 3.56. The molecule has 1 N–H and O–H groups in total. The Labute approximate surface area is 115 Å². The van der Waals surface area contributed by atoms with Crippen molar-refractivity contribution in [1.82, 2.24) is 10.2 Å². The van der Waals surface area contributed by atoms with Gasteiger partial charge in [0.05, 0.1) is 0 Å². The Morgan fingerprint density at radius 3 is 2.72 bits per heavy atom. The van der Waals surface area contributed by atoms with E-state index >= 15 is 0 Å². The van der Waals surface area contributed by atoms with E-state index in [0.29, 0.717) is 0 Å². The quantitative estimate of drug-likeness (QED) is 0.879. The molecule has 1 aliphatic heterocycles. The van der Waals surface area contributed by atoms with Crippen molar-refractivity contribution in [3.8, 4) is 0 Å². The van der Waals surface area contributed by atoms with Gasteiger partial charge in [-0.15, -0.1) is 11.3 Å². The normalized spacial score (nSPS) is 18.4. The van der Waals surface area contributed by atoms with Crippen LogP contribution in [0.25, 0.3) is 0 Å². The summed E-state index contributed by atoms with van der Waals surface area (Å²) in [5.41, 5.74) is 1.54. The standard InChI is InChI=1S/C15H26N2S/c1-4-13-5-7-17(8-6-13)11-14-9-15(10-16-3)18-12(14)2/h9,13,16H,4-8,10-11H2,1-3H3. The molecule has 18 heavy (non-hydrogen) atoms. The average Bonchev–Trinajstić information content (AvgIpc) is 2.71. The molecule has 102 valence electrons. The second-order valence-corrected chi connectivity index (χ2v) is 6.79. The Hall–Kier alpha value is -0.380. The van der Waals surface area contributed by atoms with Crippen LogP contribution in [0.15, 0.2) is 6.07 Å². The summed E-state index contributed by atoms with van der Waals surface area (Å²) in [4.78, 5) is 5.59. The van der Waals surface area contributed by atoms with Crippen molar-refractivity contribution in [2.75, 3.05) is 20.1 Å². The molecule has 1 fully saturated rings. The molecule has 2 rings (SSSR count). The van der Waals surface area contributed by atoms with E-state index in [1.165, 1.54) is 42.1 Å². The number of hydrogen-bond donors (Lipinski definition) is 1. The Morgan fingerprint density at radius 1 is 1.39 bits per heavy atom. The van der Waals surface area contributed by atoms with Crippen molar-refractivity contribution in [2.24, 2.45) is 5.92 Å². The van der Waals surface area contributed by atoms with Crippen LogP contribution in [0.4, 0.5) is 0 Å². The lowest BCUT2D eigenvalue weighted by atomic mass is 9.94. The zero-order valence-electron chi connectivity index (χ0n) is 12.0. The van der Waals surface area contributed by atoms with Crippen LogP contribution in [0.3, 0.4) is 0 Å². The van der Waals surface area contributed by atoms with E-state index in [-0.39, 0.29) is 0 Å². The smallest absolute Gasteiger partial charge is 0.0296 e. The molecule has 0 amide bonds. The number of rotatable bonds is 5. The van der Waals surface area contributed by atoms with Gasteiger partial charge in [0.15, 0.2) is 0 Å². The molecule has 1 aliphatic rings. The van der Waals surface area contributed by atoms with Gasteiger partial charge in [-0.1, -0.05) is 13.3 Å². The summed E-state index contributed by atoms with van der Waals surface area (Å²) >= 11 is 1.94. The van der Waals surface area contributed by atoms with E-state index in [1.54, 1.807) is 5.56 Å². The van der Waals surface area contributed by atoms with E-state index in [4.69, 9.17) is 0 Å². The van der Waals surface area contributed by atoms with E-state index in [9.17, 15) is 0 Å². The molecule has 0 aromatic carbocycles. The number of aryl methyl sites for hydroxylation is 1. The van der Waals surface area contributed by atoms with Gasteiger partial charge in [-0.2, -0.15) is 0 Å². The molecule has 0 bridgehead atoms.